The number of hydrogen-bond donors (Lipinski definition) is 1. The third kappa shape index (κ3) is 3.52. The maximum atomic E-state index is 11.7. The highest BCUT2D eigenvalue weighted by molar-refractivity contribution is 6.17. The minimum Gasteiger partial charge on any atom is -0.350 e. The van der Waals surface area contributed by atoms with E-state index in [0.29, 0.717) is 24.0 Å². The van der Waals surface area contributed by atoms with Crippen LogP contribution in [0, 0.1) is 5.92 Å². The number of hydrogen-bond acceptors (Lipinski definition) is 2. The highest BCUT2D eigenvalue weighted by Crippen LogP contribution is 2.08. The molecule has 0 aliphatic carbocycles. The van der Waals surface area contributed by atoms with Gasteiger partial charge in [-0.1, -0.05) is 13.3 Å². The van der Waals surface area contributed by atoms with Crippen LogP contribution >= 0.6 is 11.6 Å². The number of alkyl halides is 1. The molecule has 1 rings (SSSR count). The molecule has 0 spiro atoms. The molecule has 0 radical (unpaired) electrons. The number of nitrogens with one attached hydrogen (secondary N) is 1. The van der Waals surface area contributed by atoms with Gasteiger partial charge in [0.2, 0.25) is 0 Å². The number of amides is 1. The highest BCUT2D eigenvalue weighted by Gasteiger charge is 2.11. The van der Waals surface area contributed by atoms with Gasteiger partial charge < -0.3 is 5.32 Å². The van der Waals surface area contributed by atoms with Crippen molar-refractivity contribution in [2.24, 2.45) is 13.0 Å². The van der Waals surface area contributed by atoms with Crippen molar-refractivity contribution >= 4 is 17.5 Å². The van der Waals surface area contributed by atoms with Gasteiger partial charge in [0.25, 0.3) is 5.91 Å². The molecule has 1 aromatic heterocycles. The van der Waals surface area contributed by atoms with Crippen molar-refractivity contribution in [2.75, 3.05) is 12.4 Å². The lowest BCUT2D eigenvalue weighted by molar-refractivity contribution is 0.0937. The molecule has 0 aromatic carbocycles. The van der Waals surface area contributed by atoms with E-state index in [9.17, 15) is 4.79 Å². The van der Waals surface area contributed by atoms with Gasteiger partial charge in [-0.3, -0.25) is 9.48 Å². The van der Waals surface area contributed by atoms with E-state index in [-0.39, 0.29) is 5.91 Å². The van der Waals surface area contributed by atoms with Gasteiger partial charge in [-0.25, -0.2) is 0 Å². The fourth-order valence-electron chi connectivity index (χ4n) is 1.53. The van der Waals surface area contributed by atoms with Crippen molar-refractivity contribution in [1.29, 1.82) is 0 Å². The fraction of sp³-hybridized carbons (Fsp3) is 0.636. The van der Waals surface area contributed by atoms with Crippen LogP contribution in [0.5, 0.6) is 0 Å². The Balaban J connectivity index is 2.43. The molecule has 1 N–H and O–H groups in total. The molecule has 90 valence electrons. The minimum absolute atomic E-state index is 0.0759. The van der Waals surface area contributed by atoms with Crippen molar-refractivity contribution in [3.8, 4) is 0 Å². The Morgan fingerprint density at radius 3 is 2.94 bits per heavy atom. The van der Waals surface area contributed by atoms with Crippen LogP contribution in [0.3, 0.4) is 0 Å². The first kappa shape index (κ1) is 13.0. The molecule has 4 nitrogen and oxygen atoms in total. The molecule has 5 heteroatoms. The average Bonchev–Trinajstić information content (AvgIpc) is 2.70. The summed E-state index contributed by atoms with van der Waals surface area (Å²) in [5, 5.41) is 6.86. The van der Waals surface area contributed by atoms with Crippen LogP contribution in [0.4, 0.5) is 0 Å². The molecule has 0 bridgehead atoms. The number of aryl methyl sites for hydroxylation is 1. The molecular formula is C11H18ClN3O. The van der Waals surface area contributed by atoms with Crippen molar-refractivity contribution in [2.45, 2.75) is 19.8 Å². The molecule has 1 unspecified atom stereocenters. The van der Waals surface area contributed by atoms with E-state index in [0.717, 1.165) is 12.8 Å². The predicted molar refractivity (Wildman–Crippen MR) is 64.7 cm³/mol. The van der Waals surface area contributed by atoms with Crippen LogP contribution in [0.25, 0.3) is 0 Å². The van der Waals surface area contributed by atoms with E-state index in [1.54, 1.807) is 24.0 Å². The minimum atomic E-state index is -0.0759. The number of nitrogens with zero attached hydrogens (tertiary/aromatic N) is 2. The number of carbonyl (C=O) groups is 1. The van der Waals surface area contributed by atoms with Crippen molar-refractivity contribution in [3.63, 3.8) is 0 Å². The Kier molecular flexibility index (Phi) is 5.32. The normalized spacial score (nSPS) is 12.4. The lowest BCUT2D eigenvalue weighted by atomic mass is 10.0. The second-order valence-electron chi connectivity index (χ2n) is 3.80. The number of rotatable bonds is 6. The van der Waals surface area contributed by atoms with Crippen molar-refractivity contribution in [1.82, 2.24) is 15.1 Å². The van der Waals surface area contributed by atoms with E-state index >= 15 is 0 Å². The Hall–Kier alpha value is -1.03. The standard InChI is InChI=1S/C11H18ClN3O/c1-3-9(4-6-12)8-13-11(16)10-5-7-14-15(10)2/h5,7,9H,3-4,6,8H2,1-2H3,(H,13,16). The van der Waals surface area contributed by atoms with Gasteiger partial charge in [0.15, 0.2) is 0 Å². The first-order valence-corrected chi connectivity index (χ1v) is 6.04. The van der Waals surface area contributed by atoms with Gasteiger partial charge >= 0.3 is 0 Å². The summed E-state index contributed by atoms with van der Waals surface area (Å²) < 4.78 is 1.57. The fourth-order valence-corrected chi connectivity index (χ4v) is 1.84. The van der Waals surface area contributed by atoms with Gasteiger partial charge in [0.05, 0.1) is 0 Å². The summed E-state index contributed by atoms with van der Waals surface area (Å²) in [6, 6.07) is 1.71. The molecule has 0 aliphatic rings. The Labute approximate surface area is 101 Å². The lowest BCUT2D eigenvalue weighted by Crippen LogP contribution is -2.30. The Morgan fingerprint density at radius 2 is 2.44 bits per heavy atom. The van der Waals surface area contributed by atoms with Gasteiger partial charge in [-0.2, -0.15) is 5.10 Å². The smallest absolute Gasteiger partial charge is 0.269 e. The molecule has 0 saturated heterocycles. The van der Waals surface area contributed by atoms with Crippen LogP contribution in [0.15, 0.2) is 12.3 Å². The van der Waals surface area contributed by atoms with Crippen LogP contribution < -0.4 is 5.32 Å². The quantitative estimate of drug-likeness (QED) is 0.775. The first-order valence-electron chi connectivity index (χ1n) is 5.51. The second kappa shape index (κ2) is 6.53. The SMILES string of the molecule is CCC(CCCl)CNC(=O)c1ccnn1C. The van der Waals surface area contributed by atoms with Crippen LogP contribution in [-0.2, 0) is 7.05 Å². The van der Waals surface area contributed by atoms with Crippen LogP contribution in [-0.4, -0.2) is 28.1 Å². The van der Waals surface area contributed by atoms with Crippen LogP contribution in [0.1, 0.15) is 30.3 Å². The summed E-state index contributed by atoms with van der Waals surface area (Å²) in [4.78, 5) is 11.7. The van der Waals surface area contributed by atoms with Crippen molar-refractivity contribution < 1.29 is 4.79 Å². The molecule has 1 amide bonds. The number of halogens is 1. The molecule has 1 aromatic rings. The number of aromatic nitrogens is 2. The zero-order valence-corrected chi connectivity index (χ0v) is 10.5. The van der Waals surface area contributed by atoms with Gasteiger partial charge in [-0.15, -0.1) is 11.6 Å². The van der Waals surface area contributed by atoms with E-state index in [4.69, 9.17) is 11.6 Å². The molecule has 0 saturated carbocycles. The Bertz CT molecular complexity index is 338. The molecular weight excluding hydrogens is 226 g/mol. The summed E-state index contributed by atoms with van der Waals surface area (Å²) in [6.07, 6.45) is 3.58. The highest BCUT2D eigenvalue weighted by atomic mass is 35.5. The van der Waals surface area contributed by atoms with Crippen molar-refractivity contribution in [3.05, 3.63) is 18.0 Å². The average molecular weight is 244 g/mol. The van der Waals surface area contributed by atoms with Crippen LogP contribution in [0.2, 0.25) is 0 Å². The third-order valence-electron chi connectivity index (χ3n) is 2.70. The van der Waals surface area contributed by atoms with E-state index < -0.39 is 0 Å². The molecule has 1 heterocycles. The first-order chi connectivity index (χ1) is 7.69. The molecule has 0 fully saturated rings. The predicted octanol–water partition coefficient (Wildman–Crippen LogP) is 1.80. The summed E-state index contributed by atoms with van der Waals surface area (Å²) in [5.41, 5.74) is 0.584. The zero-order chi connectivity index (χ0) is 12.0. The Morgan fingerprint density at radius 1 is 1.69 bits per heavy atom. The van der Waals surface area contributed by atoms with E-state index in [1.165, 1.54) is 0 Å². The molecule has 16 heavy (non-hydrogen) atoms. The van der Waals surface area contributed by atoms with Gasteiger partial charge in [0.1, 0.15) is 5.69 Å². The topological polar surface area (TPSA) is 46.9 Å². The van der Waals surface area contributed by atoms with E-state index in [1.807, 2.05) is 0 Å². The second-order valence-corrected chi connectivity index (χ2v) is 4.18. The monoisotopic (exact) mass is 243 g/mol. The van der Waals surface area contributed by atoms with Gasteiger partial charge in [0, 0.05) is 25.7 Å². The summed E-state index contributed by atoms with van der Waals surface area (Å²) >= 11 is 5.69. The maximum Gasteiger partial charge on any atom is 0.269 e. The maximum absolute atomic E-state index is 11.7. The molecule has 0 aliphatic heterocycles. The summed E-state index contributed by atoms with van der Waals surface area (Å²) in [5.74, 6) is 1.02. The molecule has 1 atom stereocenters. The van der Waals surface area contributed by atoms with Gasteiger partial charge in [-0.05, 0) is 18.4 Å². The number of carbonyl (C=O) groups excluding carboxylic acids is 1. The van der Waals surface area contributed by atoms with E-state index in [2.05, 4.69) is 17.3 Å². The lowest BCUT2D eigenvalue weighted by Gasteiger charge is -2.14. The third-order valence-corrected chi connectivity index (χ3v) is 2.92. The largest absolute Gasteiger partial charge is 0.350 e. The zero-order valence-electron chi connectivity index (χ0n) is 9.74. The summed E-state index contributed by atoms with van der Waals surface area (Å²) in [7, 11) is 1.75. The summed E-state index contributed by atoms with van der Waals surface area (Å²) in [6.45, 7) is 2.78.